The maximum atomic E-state index is 13.3. The molecule has 0 amide bonds. The van der Waals surface area contributed by atoms with Crippen LogP contribution < -0.4 is 9.47 Å². The molecule has 0 bridgehead atoms. The van der Waals surface area contributed by atoms with Gasteiger partial charge < -0.3 is 9.47 Å². The van der Waals surface area contributed by atoms with Gasteiger partial charge in [0.25, 0.3) is 0 Å². The first-order chi connectivity index (χ1) is 11.2. The number of benzene rings is 2. The fraction of sp³-hybridized carbons (Fsp3) is 0.381. The highest BCUT2D eigenvalue weighted by Crippen LogP contribution is 2.36. The Hall–Kier alpha value is -2.29. The van der Waals surface area contributed by atoms with Crippen molar-refractivity contribution in [1.29, 1.82) is 0 Å². The molecule has 0 aliphatic rings. The third-order valence-electron chi connectivity index (χ3n) is 4.76. The van der Waals surface area contributed by atoms with E-state index in [9.17, 15) is 4.79 Å². The molecule has 0 aliphatic heterocycles. The van der Waals surface area contributed by atoms with E-state index in [-0.39, 0.29) is 5.78 Å². The minimum Gasteiger partial charge on any atom is -0.497 e. The quantitative estimate of drug-likeness (QED) is 0.782. The zero-order chi connectivity index (χ0) is 18.0. The average molecular weight is 326 g/mol. The van der Waals surface area contributed by atoms with Crippen LogP contribution in [-0.4, -0.2) is 20.0 Å². The van der Waals surface area contributed by atoms with E-state index in [1.807, 2.05) is 76.2 Å². The average Bonchev–Trinajstić information content (AvgIpc) is 2.61. The predicted molar refractivity (Wildman–Crippen MR) is 97.0 cm³/mol. The topological polar surface area (TPSA) is 35.5 Å². The highest BCUT2D eigenvalue weighted by Gasteiger charge is 2.41. The van der Waals surface area contributed by atoms with Crippen molar-refractivity contribution in [2.75, 3.05) is 14.2 Å². The van der Waals surface area contributed by atoms with Crippen LogP contribution >= 0.6 is 0 Å². The van der Waals surface area contributed by atoms with Gasteiger partial charge in [0.15, 0.2) is 5.78 Å². The van der Waals surface area contributed by atoms with Gasteiger partial charge in [-0.3, -0.25) is 4.79 Å². The van der Waals surface area contributed by atoms with Crippen LogP contribution in [0.15, 0.2) is 48.5 Å². The van der Waals surface area contributed by atoms with Gasteiger partial charge in [0.1, 0.15) is 11.5 Å². The third kappa shape index (κ3) is 3.30. The molecule has 0 atom stereocenters. The molecule has 0 heterocycles. The molecule has 3 heteroatoms. The molecule has 2 aromatic rings. The summed E-state index contributed by atoms with van der Waals surface area (Å²) < 4.78 is 10.4. The second-order valence-corrected chi connectivity index (χ2v) is 7.04. The molecule has 2 aromatic carbocycles. The van der Waals surface area contributed by atoms with Crippen LogP contribution in [0, 0.1) is 0 Å². The summed E-state index contributed by atoms with van der Waals surface area (Å²) in [5.74, 6) is 1.75. The molecule has 3 nitrogen and oxygen atoms in total. The normalized spacial score (nSPS) is 11.9. The van der Waals surface area contributed by atoms with Crippen molar-refractivity contribution in [3.63, 3.8) is 0 Å². The molecule has 0 spiro atoms. The maximum absolute atomic E-state index is 13.3. The van der Waals surface area contributed by atoms with Crippen LogP contribution in [0.2, 0.25) is 0 Å². The molecule has 0 saturated heterocycles. The van der Waals surface area contributed by atoms with E-state index < -0.39 is 10.8 Å². The molecule has 0 aliphatic carbocycles. The molecule has 0 saturated carbocycles. The van der Waals surface area contributed by atoms with Crippen LogP contribution in [0.3, 0.4) is 0 Å². The molecule has 0 unspecified atom stereocenters. The van der Waals surface area contributed by atoms with Crippen molar-refractivity contribution >= 4 is 5.78 Å². The number of ketones is 1. The first kappa shape index (κ1) is 18.1. The zero-order valence-corrected chi connectivity index (χ0v) is 15.3. The lowest BCUT2D eigenvalue weighted by molar-refractivity contribution is -0.128. The molecule has 0 aromatic heterocycles. The fourth-order valence-corrected chi connectivity index (χ4v) is 3.06. The Morgan fingerprint density at radius 3 is 1.21 bits per heavy atom. The number of methoxy groups -OCH3 is 2. The van der Waals surface area contributed by atoms with Crippen molar-refractivity contribution in [2.24, 2.45) is 0 Å². The molecule has 0 fully saturated rings. The number of carbonyl (C=O) groups excluding carboxylic acids is 1. The van der Waals surface area contributed by atoms with Crippen LogP contribution in [0.25, 0.3) is 0 Å². The Labute approximate surface area is 144 Å². The summed E-state index contributed by atoms with van der Waals surface area (Å²) in [5.41, 5.74) is 0.760. The second kappa shape index (κ2) is 6.68. The van der Waals surface area contributed by atoms with Crippen molar-refractivity contribution in [3.05, 3.63) is 59.7 Å². The number of ether oxygens (including phenoxy) is 2. The number of rotatable bonds is 6. The van der Waals surface area contributed by atoms with Gasteiger partial charge in [-0.05, 0) is 63.1 Å². The molecule has 0 radical (unpaired) electrons. The molecule has 2 rings (SSSR count). The summed E-state index contributed by atoms with van der Waals surface area (Å²) >= 11 is 0. The summed E-state index contributed by atoms with van der Waals surface area (Å²) in [6.45, 7) is 7.90. The van der Waals surface area contributed by atoms with Gasteiger partial charge in [-0.15, -0.1) is 0 Å². The number of Topliss-reactive ketones (excluding diaryl/α,β-unsaturated/α-hetero) is 1. The lowest BCUT2D eigenvalue weighted by Crippen LogP contribution is -2.42. The Kier molecular flexibility index (Phi) is 5.02. The van der Waals surface area contributed by atoms with Crippen LogP contribution in [0.4, 0.5) is 0 Å². The van der Waals surface area contributed by atoms with E-state index in [2.05, 4.69) is 0 Å². The summed E-state index contributed by atoms with van der Waals surface area (Å²) in [6, 6.07) is 15.4. The first-order valence-electron chi connectivity index (χ1n) is 8.07. The van der Waals surface area contributed by atoms with E-state index in [0.717, 1.165) is 22.6 Å². The van der Waals surface area contributed by atoms with Crippen molar-refractivity contribution in [1.82, 2.24) is 0 Å². The van der Waals surface area contributed by atoms with Crippen molar-refractivity contribution < 1.29 is 14.3 Å². The van der Waals surface area contributed by atoms with Crippen molar-refractivity contribution in [3.8, 4) is 11.5 Å². The smallest absolute Gasteiger partial charge is 0.152 e. The van der Waals surface area contributed by atoms with Crippen molar-refractivity contribution in [2.45, 2.75) is 38.5 Å². The summed E-state index contributed by atoms with van der Waals surface area (Å²) in [5, 5.41) is 0. The Morgan fingerprint density at radius 1 is 0.667 bits per heavy atom. The van der Waals surface area contributed by atoms with E-state index >= 15 is 0 Å². The van der Waals surface area contributed by atoms with Crippen LogP contribution in [0.5, 0.6) is 11.5 Å². The maximum Gasteiger partial charge on any atom is 0.152 e. The third-order valence-corrected chi connectivity index (χ3v) is 4.76. The predicted octanol–water partition coefficient (Wildman–Crippen LogP) is 4.53. The Morgan fingerprint density at radius 2 is 0.958 bits per heavy atom. The number of hydrogen-bond donors (Lipinski definition) is 0. The van der Waals surface area contributed by atoms with Crippen LogP contribution in [0.1, 0.15) is 38.8 Å². The number of carbonyl (C=O) groups is 1. The minimum absolute atomic E-state index is 0.172. The zero-order valence-electron chi connectivity index (χ0n) is 15.3. The van der Waals surface area contributed by atoms with Gasteiger partial charge >= 0.3 is 0 Å². The second-order valence-electron chi connectivity index (χ2n) is 7.04. The van der Waals surface area contributed by atoms with Crippen LogP contribution in [-0.2, 0) is 15.6 Å². The van der Waals surface area contributed by atoms with Gasteiger partial charge in [0, 0.05) is 10.8 Å². The van der Waals surface area contributed by atoms with Gasteiger partial charge in [-0.25, -0.2) is 0 Å². The Bertz CT molecular complexity index is 633. The molecular formula is C21H26O3. The highest BCUT2D eigenvalue weighted by molar-refractivity contribution is 5.97. The molecule has 24 heavy (non-hydrogen) atoms. The van der Waals surface area contributed by atoms with Gasteiger partial charge in [0.2, 0.25) is 0 Å². The summed E-state index contributed by atoms with van der Waals surface area (Å²) in [4.78, 5) is 13.3. The van der Waals surface area contributed by atoms with Gasteiger partial charge in [0.05, 0.1) is 14.2 Å². The lowest BCUT2D eigenvalue weighted by Gasteiger charge is -2.34. The molecular weight excluding hydrogens is 300 g/mol. The number of hydrogen-bond acceptors (Lipinski definition) is 3. The largest absolute Gasteiger partial charge is 0.497 e. The monoisotopic (exact) mass is 326 g/mol. The highest BCUT2D eigenvalue weighted by atomic mass is 16.5. The minimum atomic E-state index is -0.601. The Balaban J connectivity index is 2.34. The fourth-order valence-electron chi connectivity index (χ4n) is 3.06. The van der Waals surface area contributed by atoms with E-state index in [4.69, 9.17) is 9.47 Å². The van der Waals surface area contributed by atoms with E-state index in [1.165, 1.54) is 0 Å². The standard InChI is InChI=1S/C21H26O3/c1-20(2,15-7-11-17(23-5)12-8-15)19(22)21(3,4)16-9-13-18(24-6)14-10-16/h7-14H,1-6H3. The van der Waals surface area contributed by atoms with Gasteiger partial charge in [-0.2, -0.15) is 0 Å². The van der Waals surface area contributed by atoms with E-state index in [1.54, 1.807) is 14.2 Å². The van der Waals surface area contributed by atoms with E-state index in [0.29, 0.717) is 0 Å². The van der Waals surface area contributed by atoms with Gasteiger partial charge in [-0.1, -0.05) is 24.3 Å². The SMILES string of the molecule is COc1ccc(C(C)(C)C(=O)C(C)(C)c2ccc(OC)cc2)cc1. The summed E-state index contributed by atoms with van der Waals surface area (Å²) in [7, 11) is 3.27. The first-order valence-corrected chi connectivity index (χ1v) is 8.07. The lowest BCUT2D eigenvalue weighted by atomic mass is 9.67. The molecule has 128 valence electrons. The molecule has 0 N–H and O–H groups in total. The summed E-state index contributed by atoms with van der Waals surface area (Å²) in [6.07, 6.45) is 0.